The van der Waals surface area contributed by atoms with Crippen LogP contribution in [0.5, 0.6) is 0 Å². The fraction of sp³-hybridized carbons (Fsp3) is 0.500. The minimum atomic E-state index is -0.859. The number of amides is 1. The van der Waals surface area contributed by atoms with Gasteiger partial charge in [0.05, 0.1) is 17.9 Å². The molecule has 4 atom stereocenters. The van der Waals surface area contributed by atoms with E-state index in [9.17, 15) is 9.59 Å². The second kappa shape index (κ2) is 4.93. The molecule has 1 aromatic carbocycles. The first-order chi connectivity index (χ1) is 9.58. The number of carboxylic acid groups (broad SMARTS) is 1. The molecule has 20 heavy (non-hydrogen) atoms. The van der Waals surface area contributed by atoms with Crippen molar-refractivity contribution < 1.29 is 14.7 Å². The van der Waals surface area contributed by atoms with Crippen molar-refractivity contribution in [2.45, 2.75) is 38.1 Å². The van der Waals surface area contributed by atoms with Crippen LogP contribution in [0.4, 0.5) is 0 Å². The summed E-state index contributed by atoms with van der Waals surface area (Å²) in [5.41, 5.74) is 2.49. The number of fused-ring (bicyclic) bond motifs is 1. The van der Waals surface area contributed by atoms with Gasteiger partial charge in [-0.2, -0.15) is 0 Å². The van der Waals surface area contributed by atoms with Gasteiger partial charge in [0.1, 0.15) is 0 Å². The lowest BCUT2D eigenvalue weighted by Gasteiger charge is -2.30. The second-order valence-electron chi connectivity index (χ2n) is 5.96. The molecular formula is C16H19NO3. The molecule has 0 spiro atoms. The number of hydrogen-bond acceptors (Lipinski definition) is 2. The first kappa shape index (κ1) is 13.2. The van der Waals surface area contributed by atoms with Crippen LogP contribution in [0.3, 0.4) is 0 Å². The van der Waals surface area contributed by atoms with Gasteiger partial charge >= 0.3 is 5.97 Å². The van der Waals surface area contributed by atoms with E-state index in [1.807, 2.05) is 12.1 Å². The largest absolute Gasteiger partial charge is 0.481 e. The number of rotatable bonds is 3. The Morgan fingerprint density at radius 2 is 1.85 bits per heavy atom. The number of carbonyl (C=O) groups excluding carboxylic acids is 1. The zero-order valence-electron chi connectivity index (χ0n) is 11.5. The molecule has 4 heteroatoms. The van der Waals surface area contributed by atoms with E-state index in [-0.39, 0.29) is 17.9 Å². The Balaban J connectivity index is 1.72. The average Bonchev–Trinajstić information content (AvgIpc) is 3.23. The van der Waals surface area contributed by atoms with Crippen molar-refractivity contribution in [3.05, 3.63) is 35.4 Å². The zero-order valence-corrected chi connectivity index (χ0v) is 11.5. The maximum atomic E-state index is 12.1. The minimum Gasteiger partial charge on any atom is -0.481 e. The predicted molar refractivity (Wildman–Crippen MR) is 74.2 cm³/mol. The quantitative estimate of drug-likeness (QED) is 0.889. The van der Waals surface area contributed by atoms with Crippen LogP contribution in [-0.4, -0.2) is 17.0 Å². The minimum absolute atomic E-state index is 0.0324. The summed E-state index contributed by atoms with van der Waals surface area (Å²) in [6, 6.07) is 8.24. The molecule has 106 valence electrons. The standard InChI is InChI=1S/C16H19NO3/c1-9-6-7-14(11-5-3-2-4-10(9)11)17-15(18)12-8-13(12)16(19)20/h2-5,9,12-14H,6-8H2,1H3,(H,17,18)(H,19,20). The van der Waals surface area contributed by atoms with Crippen LogP contribution in [0.25, 0.3) is 0 Å². The van der Waals surface area contributed by atoms with E-state index in [2.05, 4.69) is 24.4 Å². The van der Waals surface area contributed by atoms with E-state index < -0.39 is 11.9 Å². The SMILES string of the molecule is CC1CCC(NC(=O)C2CC2C(=O)O)c2ccccc21. The molecule has 1 fully saturated rings. The van der Waals surface area contributed by atoms with E-state index in [4.69, 9.17) is 5.11 Å². The molecular weight excluding hydrogens is 254 g/mol. The van der Waals surface area contributed by atoms with Gasteiger partial charge < -0.3 is 10.4 Å². The number of carboxylic acids is 1. The van der Waals surface area contributed by atoms with Crippen LogP contribution in [0.2, 0.25) is 0 Å². The Kier molecular flexibility index (Phi) is 3.24. The Labute approximate surface area is 118 Å². The van der Waals surface area contributed by atoms with E-state index in [1.165, 1.54) is 11.1 Å². The van der Waals surface area contributed by atoms with E-state index in [1.54, 1.807) is 0 Å². The van der Waals surface area contributed by atoms with Crippen molar-refractivity contribution in [3.8, 4) is 0 Å². The van der Waals surface area contributed by atoms with Gasteiger partial charge in [-0.1, -0.05) is 31.2 Å². The van der Waals surface area contributed by atoms with Crippen LogP contribution in [0.15, 0.2) is 24.3 Å². The molecule has 0 aromatic heterocycles. The molecule has 4 nitrogen and oxygen atoms in total. The fourth-order valence-electron chi connectivity index (χ4n) is 3.19. The van der Waals surface area contributed by atoms with Crippen LogP contribution < -0.4 is 5.32 Å². The molecule has 1 saturated carbocycles. The van der Waals surface area contributed by atoms with Crippen molar-refractivity contribution in [3.63, 3.8) is 0 Å². The topological polar surface area (TPSA) is 66.4 Å². The molecule has 1 amide bonds. The number of aliphatic carboxylic acids is 1. The van der Waals surface area contributed by atoms with Crippen molar-refractivity contribution in [1.29, 1.82) is 0 Å². The molecule has 0 saturated heterocycles. The third-order valence-electron chi connectivity index (χ3n) is 4.55. The number of hydrogen-bond donors (Lipinski definition) is 2. The summed E-state index contributed by atoms with van der Waals surface area (Å²) < 4.78 is 0. The molecule has 4 unspecified atom stereocenters. The third kappa shape index (κ3) is 2.30. The number of benzene rings is 1. The molecule has 0 bridgehead atoms. The first-order valence-corrected chi connectivity index (χ1v) is 7.20. The van der Waals surface area contributed by atoms with E-state index >= 15 is 0 Å². The summed E-state index contributed by atoms with van der Waals surface area (Å²) in [7, 11) is 0. The van der Waals surface area contributed by atoms with Gasteiger partial charge in [0.25, 0.3) is 0 Å². The molecule has 0 heterocycles. The number of nitrogens with one attached hydrogen (secondary N) is 1. The Bertz CT molecular complexity index is 554. The Morgan fingerprint density at radius 1 is 1.15 bits per heavy atom. The predicted octanol–water partition coefficient (Wildman–Crippen LogP) is 2.46. The molecule has 1 aromatic rings. The van der Waals surface area contributed by atoms with Gasteiger partial charge in [-0.25, -0.2) is 0 Å². The molecule has 0 aliphatic heterocycles. The first-order valence-electron chi connectivity index (χ1n) is 7.20. The smallest absolute Gasteiger partial charge is 0.307 e. The third-order valence-corrected chi connectivity index (χ3v) is 4.55. The van der Waals surface area contributed by atoms with Gasteiger partial charge in [0.2, 0.25) is 5.91 Å². The summed E-state index contributed by atoms with van der Waals surface area (Å²) in [5.74, 6) is -1.26. The monoisotopic (exact) mass is 273 g/mol. The van der Waals surface area contributed by atoms with Crippen molar-refractivity contribution in [2.75, 3.05) is 0 Å². The van der Waals surface area contributed by atoms with Crippen molar-refractivity contribution in [1.82, 2.24) is 5.32 Å². The maximum absolute atomic E-state index is 12.1. The zero-order chi connectivity index (χ0) is 14.3. The van der Waals surface area contributed by atoms with Crippen LogP contribution in [-0.2, 0) is 9.59 Å². The Morgan fingerprint density at radius 3 is 2.50 bits per heavy atom. The lowest BCUT2D eigenvalue weighted by atomic mass is 9.81. The highest BCUT2D eigenvalue weighted by atomic mass is 16.4. The summed E-state index contributed by atoms with van der Waals surface area (Å²) in [6.45, 7) is 2.21. The summed E-state index contributed by atoms with van der Waals surface area (Å²) in [5, 5.41) is 11.9. The molecule has 2 aliphatic rings. The van der Waals surface area contributed by atoms with Crippen molar-refractivity contribution >= 4 is 11.9 Å². The number of carbonyl (C=O) groups is 2. The van der Waals surface area contributed by atoms with Crippen LogP contribution in [0, 0.1) is 11.8 Å². The lowest BCUT2D eigenvalue weighted by Crippen LogP contribution is -2.33. The maximum Gasteiger partial charge on any atom is 0.307 e. The summed E-state index contributed by atoms with van der Waals surface area (Å²) in [4.78, 5) is 22.9. The van der Waals surface area contributed by atoms with Gasteiger partial charge in [-0.15, -0.1) is 0 Å². The molecule has 3 rings (SSSR count). The van der Waals surface area contributed by atoms with Crippen molar-refractivity contribution in [2.24, 2.45) is 11.8 Å². The molecule has 2 N–H and O–H groups in total. The summed E-state index contributed by atoms with van der Waals surface area (Å²) >= 11 is 0. The highest BCUT2D eigenvalue weighted by molar-refractivity contribution is 5.89. The highest BCUT2D eigenvalue weighted by Gasteiger charge is 2.48. The van der Waals surface area contributed by atoms with Crippen LogP contribution in [0.1, 0.15) is 49.3 Å². The van der Waals surface area contributed by atoms with E-state index in [0.29, 0.717) is 12.3 Å². The van der Waals surface area contributed by atoms with Gasteiger partial charge in [0, 0.05) is 0 Å². The molecule has 2 aliphatic carbocycles. The van der Waals surface area contributed by atoms with E-state index in [0.717, 1.165) is 12.8 Å². The van der Waals surface area contributed by atoms with Gasteiger partial charge in [-0.05, 0) is 36.3 Å². The molecule has 0 radical (unpaired) electrons. The van der Waals surface area contributed by atoms with Gasteiger partial charge in [0.15, 0.2) is 0 Å². The lowest BCUT2D eigenvalue weighted by molar-refractivity contribution is -0.140. The second-order valence-corrected chi connectivity index (χ2v) is 5.96. The average molecular weight is 273 g/mol. The summed E-state index contributed by atoms with van der Waals surface area (Å²) in [6.07, 6.45) is 2.45. The Hall–Kier alpha value is -1.84. The fourth-order valence-corrected chi connectivity index (χ4v) is 3.19. The van der Waals surface area contributed by atoms with Gasteiger partial charge in [-0.3, -0.25) is 9.59 Å². The van der Waals surface area contributed by atoms with Crippen LogP contribution >= 0.6 is 0 Å². The highest BCUT2D eigenvalue weighted by Crippen LogP contribution is 2.41. The normalized spacial score (nSPS) is 31.2.